The standard InChI is InChI=1S/C15H11N5O3S2/c1-7-8(2)24-13-12(7)14(21)19(3)15(18-13)25-11-5-4-10(20(22)23)9(6-16)17-11/h4-5H,1-3H3. The molecule has 3 heterocycles. The molecule has 0 atom stereocenters. The van der Waals surface area contributed by atoms with Gasteiger partial charge in [-0.25, -0.2) is 9.97 Å². The Morgan fingerprint density at radius 2 is 2.08 bits per heavy atom. The maximum Gasteiger partial charge on any atom is 0.305 e. The van der Waals surface area contributed by atoms with Gasteiger partial charge in [-0.2, -0.15) is 5.26 Å². The van der Waals surface area contributed by atoms with E-state index in [0.29, 0.717) is 20.4 Å². The summed E-state index contributed by atoms with van der Waals surface area (Å²) < 4.78 is 1.42. The molecular formula is C15H11N5O3S2. The van der Waals surface area contributed by atoms with Gasteiger partial charge in [-0.3, -0.25) is 19.5 Å². The summed E-state index contributed by atoms with van der Waals surface area (Å²) in [6.07, 6.45) is 0. The van der Waals surface area contributed by atoms with Crippen LogP contribution in [0.25, 0.3) is 10.2 Å². The molecule has 3 rings (SSSR count). The normalized spacial score (nSPS) is 10.8. The molecule has 3 aromatic heterocycles. The molecule has 0 N–H and O–H groups in total. The predicted molar refractivity (Wildman–Crippen MR) is 94.1 cm³/mol. The molecule has 0 amide bonds. The number of aryl methyl sites for hydroxylation is 2. The van der Waals surface area contributed by atoms with Gasteiger partial charge in [0.05, 0.1) is 10.3 Å². The third-order valence-electron chi connectivity index (χ3n) is 3.72. The van der Waals surface area contributed by atoms with Crippen molar-refractivity contribution in [3.05, 3.63) is 48.7 Å². The van der Waals surface area contributed by atoms with Gasteiger partial charge in [0, 0.05) is 18.0 Å². The van der Waals surface area contributed by atoms with Crippen LogP contribution < -0.4 is 5.56 Å². The summed E-state index contributed by atoms with van der Waals surface area (Å²) in [7, 11) is 1.61. The molecule has 0 unspecified atom stereocenters. The molecule has 0 aliphatic heterocycles. The van der Waals surface area contributed by atoms with Crippen molar-refractivity contribution in [2.45, 2.75) is 24.0 Å². The van der Waals surface area contributed by atoms with Crippen LogP contribution in [0.5, 0.6) is 0 Å². The molecule has 10 heteroatoms. The summed E-state index contributed by atoms with van der Waals surface area (Å²) in [5.74, 6) is 0. The third kappa shape index (κ3) is 2.88. The maximum atomic E-state index is 12.6. The molecule has 0 aromatic carbocycles. The average molecular weight is 373 g/mol. The first kappa shape index (κ1) is 17.1. The van der Waals surface area contributed by atoms with Gasteiger partial charge in [-0.05, 0) is 37.2 Å². The van der Waals surface area contributed by atoms with E-state index in [4.69, 9.17) is 5.26 Å². The molecular weight excluding hydrogens is 362 g/mol. The zero-order valence-electron chi connectivity index (χ0n) is 13.4. The highest BCUT2D eigenvalue weighted by atomic mass is 32.2. The van der Waals surface area contributed by atoms with Crippen molar-refractivity contribution >= 4 is 39.0 Å². The molecule has 0 spiro atoms. The molecule has 0 bridgehead atoms. The van der Waals surface area contributed by atoms with Gasteiger partial charge in [-0.15, -0.1) is 11.3 Å². The van der Waals surface area contributed by atoms with Crippen molar-refractivity contribution in [3.63, 3.8) is 0 Å². The molecule has 126 valence electrons. The summed E-state index contributed by atoms with van der Waals surface area (Å²) >= 11 is 2.52. The van der Waals surface area contributed by atoms with Crippen LogP contribution in [0, 0.1) is 35.3 Å². The Morgan fingerprint density at radius 3 is 2.72 bits per heavy atom. The lowest BCUT2D eigenvalue weighted by atomic mass is 10.2. The maximum absolute atomic E-state index is 12.6. The highest BCUT2D eigenvalue weighted by Gasteiger charge is 2.19. The minimum Gasteiger partial charge on any atom is -0.290 e. The Hall–Kier alpha value is -2.77. The number of hydrogen-bond acceptors (Lipinski definition) is 8. The van der Waals surface area contributed by atoms with E-state index in [1.165, 1.54) is 28.0 Å². The second kappa shape index (κ2) is 6.27. The lowest BCUT2D eigenvalue weighted by molar-refractivity contribution is -0.385. The number of nitrogens with zero attached hydrogens (tertiary/aromatic N) is 5. The average Bonchev–Trinajstić information content (AvgIpc) is 2.86. The largest absolute Gasteiger partial charge is 0.305 e. The van der Waals surface area contributed by atoms with E-state index in [1.807, 2.05) is 13.8 Å². The fourth-order valence-corrected chi connectivity index (χ4v) is 4.16. The first-order chi connectivity index (χ1) is 11.8. The number of pyridine rings is 1. The smallest absolute Gasteiger partial charge is 0.290 e. The van der Waals surface area contributed by atoms with Crippen LogP contribution in [0.2, 0.25) is 0 Å². The van der Waals surface area contributed by atoms with Gasteiger partial charge in [0.2, 0.25) is 5.69 Å². The van der Waals surface area contributed by atoms with E-state index >= 15 is 0 Å². The number of hydrogen-bond donors (Lipinski definition) is 0. The summed E-state index contributed by atoms with van der Waals surface area (Å²) in [4.78, 5) is 33.0. The topological polar surface area (TPSA) is 115 Å². The predicted octanol–water partition coefficient (Wildman–Crippen LogP) is 2.94. The van der Waals surface area contributed by atoms with Crippen LogP contribution in [0.1, 0.15) is 16.1 Å². The second-order valence-electron chi connectivity index (χ2n) is 5.21. The SMILES string of the molecule is Cc1sc2nc(Sc3ccc([N+](=O)[O-])c(C#N)n3)n(C)c(=O)c2c1C. The molecule has 3 aromatic rings. The number of aromatic nitrogens is 3. The van der Waals surface area contributed by atoms with Crippen molar-refractivity contribution in [2.75, 3.05) is 0 Å². The summed E-state index contributed by atoms with van der Waals surface area (Å²) in [5, 5.41) is 21.3. The van der Waals surface area contributed by atoms with Gasteiger partial charge in [0.1, 0.15) is 15.9 Å². The Kier molecular flexibility index (Phi) is 4.28. The van der Waals surface area contributed by atoms with Crippen molar-refractivity contribution < 1.29 is 4.92 Å². The van der Waals surface area contributed by atoms with Crippen LogP contribution in [0.15, 0.2) is 27.1 Å². The number of nitriles is 1. The Bertz CT molecular complexity index is 1130. The zero-order chi connectivity index (χ0) is 18.3. The Labute approximate surface area is 149 Å². The van der Waals surface area contributed by atoms with Crippen LogP contribution in [0.4, 0.5) is 5.69 Å². The molecule has 0 aliphatic rings. The van der Waals surface area contributed by atoms with Crippen molar-refractivity contribution in [1.82, 2.24) is 14.5 Å². The highest BCUT2D eigenvalue weighted by Crippen LogP contribution is 2.31. The van der Waals surface area contributed by atoms with Crippen molar-refractivity contribution in [1.29, 1.82) is 5.26 Å². The van der Waals surface area contributed by atoms with Gasteiger partial charge in [-0.1, -0.05) is 0 Å². The van der Waals surface area contributed by atoms with E-state index in [9.17, 15) is 14.9 Å². The first-order valence-corrected chi connectivity index (χ1v) is 8.67. The number of nitro groups is 1. The van der Waals surface area contributed by atoms with E-state index in [1.54, 1.807) is 13.1 Å². The van der Waals surface area contributed by atoms with E-state index in [0.717, 1.165) is 22.2 Å². The van der Waals surface area contributed by atoms with Crippen LogP contribution in [0.3, 0.4) is 0 Å². The molecule has 0 saturated heterocycles. The fraction of sp³-hybridized carbons (Fsp3) is 0.200. The van der Waals surface area contributed by atoms with Crippen molar-refractivity contribution in [2.24, 2.45) is 7.05 Å². The summed E-state index contributed by atoms with van der Waals surface area (Å²) in [6.45, 7) is 3.83. The van der Waals surface area contributed by atoms with Crippen LogP contribution >= 0.6 is 23.1 Å². The van der Waals surface area contributed by atoms with E-state index in [2.05, 4.69) is 9.97 Å². The third-order valence-corrected chi connectivity index (χ3v) is 5.80. The fourth-order valence-electron chi connectivity index (χ4n) is 2.26. The minimum absolute atomic E-state index is 0.156. The van der Waals surface area contributed by atoms with Gasteiger partial charge >= 0.3 is 5.69 Å². The molecule has 0 saturated carbocycles. The summed E-state index contributed by atoms with van der Waals surface area (Å²) in [6, 6.07) is 4.38. The van der Waals surface area contributed by atoms with E-state index < -0.39 is 4.92 Å². The Morgan fingerprint density at radius 1 is 1.36 bits per heavy atom. The molecule has 25 heavy (non-hydrogen) atoms. The van der Waals surface area contributed by atoms with Crippen molar-refractivity contribution in [3.8, 4) is 6.07 Å². The van der Waals surface area contributed by atoms with Crippen LogP contribution in [-0.4, -0.2) is 19.5 Å². The van der Waals surface area contributed by atoms with E-state index in [-0.39, 0.29) is 16.9 Å². The quantitative estimate of drug-likeness (QED) is 0.394. The number of fused-ring (bicyclic) bond motifs is 1. The number of thiophene rings is 1. The zero-order valence-corrected chi connectivity index (χ0v) is 15.1. The highest BCUT2D eigenvalue weighted by molar-refractivity contribution is 7.99. The number of rotatable bonds is 3. The van der Waals surface area contributed by atoms with Gasteiger partial charge < -0.3 is 0 Å². The molecule has 0 aliphatic carbocycles. The first-order valence-electron chi connectivity index (χ1n) is 7.03. The monoisotopic (exact) mass is 373 g/mol. The lowest BCUT2D eigenvalue weighted by Crippen LogP contribution is -2.19. The molecule has 0 fully saturated rings. The minimum atomic E-state index is -0.655. The van der Waals surface area contributed by atoms with Gasteiger partial charge in [0.25, 0.3) is 5.56 Å². The molecule has 8 nitrogen and oxygen atoms in total. The van der Waals surface area contributed by atoms with Crippen LogP contribution in [-0.2, 0) is 7.05 Å². The van der Waals surface area contributed by atoms with Gasteiger partial charge in [0.15, 0.2) is 5.16 Å². The second-order valence-corrected chi connectivity index (χ2v) is 7.40. The lowest BCUT2D eigenvalue weighted by Gasteiger charge is -2.07. The molecule has 0 radical (unpaired) electrons. The Balaban J connectivity index is 2.10. The summed E-state index contributed by atoms with van der Waals surface area (Å²) in [5.41, 5.74) is 0.138.